The molecule has 1 aliphatic heterocycles. The zero-order valence-corrected chi connectivity index (χ0v) is 21.5. The summed E-state index contributed by atoms with van der Waals surface area (Å²) in [5.41, 5.74) is 6.07. The summed E-state index contributed by atoms with van der Waals surface area (Å²) in [6, 6.07) is 19.5. The van der Waals surface area contributed by atoms with Crippen molar-refractivity contribution >= 4 is 11.9 Å². The lowest BCUT2D eigenvalue weighted by Crippen LogP contribution is -2.50. The van der Waals surface area contributed by atoms with Crippen LogP contribution in [-0.4, -0.2) is 51.5 Å². The zero-order valence-electron chi connectivity index (χ0n) is 21.5. The van der Waals surface area contributed by atoms with Gasteiger partial charge in [0.05, 0.1) is 12.2 Å². The van der Waals surface area contributed by atoms with Crippen LogP contribution in [0.5, 0.6) is 5.75 Å². The Kier molecular flexibility index (Phi) is 7.45. The smallest absolute Gasteiger partial charge is 0.328 e. The van der Waals surface area contributed by atoms with Crippen molar-refractivity contribution in [2.45, 2.75) is 51.2 Å². The summed E-state index contributed by atoms with van der Waals surface area (Å²) >= 11 is 0. The number of carbonyl (C=O) groups excluding carboxylic acids is 2. The number of rotatable bonds is 8. The quantitative estimate of drug-likeness (QED) is 0.370. The Morgan fingerprint density at radius 3 is 2.14 bits per heavy atom. The fourth-order valence-corrected chi connectivity index (χ4v) is 4.51. The van der Waals surface area contributed by atoms with Crippen molar-refractivity contribution in [1.82, 2.24) is 14.7 Å². The Morgan fingerprint density at radius 1 is 1.05 bits per heavy atom. The normalized spacial score (nSPS) is 15.6. The van der Waals surface area contributed by atoms with Gasteiger partial charge >= 0.3 is 5.97 Å². The summed E-state index contributed by atoms with van der Waals surface area (Å²) in [5, 5.41) is 4.41. The first-order valence-corrected chi connectivity index (χ1v) is 12.2. The average Bonchev–Trinajstić information content (AvgIpc) is 2.87. The number of benzene rings is 2. The third kappa shape index (κ3) is 5.41. The number of amides is 1. The van der Waals surface area contributed by atoms with Gasteiger partial charge in [0.2, 0.25) is 18.0 Å². The van der Waals surface area contributed by atoms with Crippen LogP contribution in [0, 0.1) is 0 Å². The Labute approximate surface area is 215 Å². The van der Waals surface area contributed by atoms with Gasteiger partial charge in [0.15, 0.2) is 5.69 Å². The highest BCUT2D eigenvalue weighted by Crippen LogP contribution is 2.39. The summed E-state index contributed by atoms with van der Waals surface area (Å²) in [5.74, 6) is -1.46. The van der Waals surface area contributed by atoms with Gasteiger partial charge in [-0.05, 0) is 38.8 Å². The molecule has 194 valence electrons. The number of hydrogen-bond acceptors (Lipinski definition) is 7. The van der Waals surface area contributed by atoms with E-state index in [-0.39, 0.29) is 35.4 Å². The first-order valence-electron chi connectivity index (χ1n) is 12.2. The molecule has 0 spiro atoms. The number of esters is 1. The molecule has 0 unspecified atom stereocenters. The Balaban J connectivity index is 1.83. The molecule has 1 aromatic heterocycles. The van der Waals surface area contributed by atoms with Crippen molar-refractivity contribution in [3.05, 3.63) is 93.9 Å². The van der Waals surface area contributed by atoms with Crippen LogP contribution in [0.2, 0.25) is 0 Å². The second-order valence-corrected chi connectivity index (χ2v) is 9.96. The van der Waals surface area contributed by atoms with Crippen LogP contribution in [-0.2, 0) is 9.53 Å². The van der Waals surface area contributed by atoms with Crippen molar-refractivity contribution in [2.75, 3.05) is 13.3 Å². The van der Waals surface area contributed by atoms with Gasteiger partial charge in [-0.25, -0.2) is 4.79 Å². The van der Waals surface area contributed by atoms with Gasteiger partial charge in [0.25, 0.3) is 5.91 Å². The highest BCUT2D eigenvalue weighted by atomic mass is 16.7. The van der Waals surface area contributed by atoms with Gasteiger partial charge in [-0.15, -0.1) is 0 Å². The van der Waals surface area contributed by atoms with Crippen LogP contribution in [0.15, 0.2) is 71.7 Å². The summed E-state index contributed by atoms with van der Waals surface area (Å²) in [7, 11) is 0. The summed E-state index contributed by atoms with van der Waals surface area (Å²) in [6.45, 7) is 6.66. The molecule has 0 bridgehead atoms. The molecule has 0 saturated heterocycles. The van der Waals surface area contributed by atoms with E-state index in [1.807, 2.05) is 74.5 Å². The Morgan fingerprint density at radius 2 is 1.62 bits per heavy atom. The fourth-order valence-electron chi connectivity index (χ4n) is 4.51. The SMILES string of the molecule is CC(C)N1C[C@@H](C(c2ccccc2)c2ccccc2)n2ncc(=O)c(OCOC(=O)C(C)(C)N)c2C1=O. The lowest BCUT2D eigenvalue weighted by Gasteiger charge is -2.41. The van der Waals surface area contributed by atoms with Crippen molar-refractivity contribution in [1.29, 1.82) is 0 Å². The maximum Gasteiger partial charge on any atom is 0.328 e. The molecule has 0 fully saturated rings. The third-order valence-corrected chi connectivity index (χ3v) is 6.37. The van der Waals surface area contributed by atoms with Gasteiger partial charge in [0.1, 0.15) is 5.54 Å². The van der Waals surface area contributed by atoms with Crippen molar-refractivity contribution < 1.29 is 19.1 Å². The maximum absolute atomic E-state index is 13.6. The minimum Gasteiger partial charge on any atom is -0.451 e. The first kappa shape index (κ1) is 26.1. The molecular weight excluding hydrogens is 472 g/mol. The maximum atomic E-state index is 13.6. The molecule has 0 saturated carbocycles. The van der Waals surface area contributed by atoms with Crippen LogP contribution >= 0.6 is 0 Å². The molecule has 0 aliphatic carbocycles. The largest absolute Gasteiger partial charge is 0.451 e. The molecule has 1 aliphatic rings. The van der Waals surface area contributed by atoms with E-state index in [0.29, 0.717) is 6.54 Å². The molecule has 0 radical (unpaired) electrons. The van der Waals surface area contributed by atoms with Crippen LogP contribution < -0.4 is 15.9 Å². The van der Waals surface area contributed by atoms with E-state index in [1.165, 1.54) is 13.8 Å². The number of nitrogens with zero attached hydrogens (tertiary/aromatic N) is 3. The van der Waals surface area contributed by atoms with E-state index in [9.17, 15) is 14.4 Å². The van der Waals surface area contributed by atoms with Gasteiger partial charge < -0.3 is 20.1 Å². The molecule has 9 nitrogen and oxygen atoms in total. The summed E-state index contributed by atoms with van der Waals surface area (Å²) < 4.78 is 12.3. The number of carbonyl (C=O) groups is 2. The monoisotopic (exact) mass is 504 g/mol. The van der Waals surface area contributed by atoms with Crippen LogP contribution in [0.4, 0.5) is 0 Å². The number of hydrogen-bond donors (Lipinski definition) is 1. The van der Waals surface area contributed by atoms with E-state index < -0.39 is 23.7 Å². The van der Waals surface area contributed by atoms with E-state index in [4.69, 9.17) is 15.2 Å². The Hall–Kier alpha value is -3.98. The zero-order chi connectivity index (χ0) is 26.7. The molecule has 2 heterocycles. The lowest BCUT2D eigenvalue weighted by atomic mass is 9.83. The molecule has 4 rings (SSSR count). The highest BCUT2D eigenvalue weighted by molar-refractivity contribution is 5.96. The molecule has 3 aromatic rings. The van der Waals surface area contributed by atoms with Gasteiger partial charge in [-0.2, -0.15) is 5.10 Å². The fraction of sp³-hybridized carbons (Fsp3) is 0.357. The minimum atomic E-state index is -1.23. The van der Waals surface area contributed by atoms with E-state index >= 15 is 0 Å². The summed E-state index contributed by atoms with van der Waals surface area (Å²) in [6.07, 6.45) is 1.13. The minimum absolute atomic E-state index is 0.0253. The predicted molar refractivity (Wildman–Crippen MR) is 138 cm³/mol. The number of nitrogens with two attached hydrogens (primary N) is 1. The highest BCUT2D eigenvalue weighted by Gasteiger charge is 2.41. The van der Waals surface area contributed by atoms with E-state index in [0.717, 1.165) is 17.3 Å². The van der Waals surface area contributed by atoms with Gasteiger partial charge in [-0.1, -0.05) is 60.7 Å². The van der Waals surface area contributed by atoms with Crippen molar-refractivity contribution in [3.63, 3.8) is 0 Å². The number of ether oxygens (including phenoxy) is 2. The predicted octanol–water partition coefficient (Wildman–Crippen LogP) is 3.10. The third-order valence-electron chi connectivity index (χ3n) is 6.37. The van der Waals surface area contributed by atoms with Gasteiger partial charge in [-0.3, -0.25) is 14.3 Å². The molecule has 37 heavy (non-hydrogen) atoms. The Bertz CT molecular complexity index is 1280. The number of aromatic nitrogens is 2. The second kappa shape index (κ2) is 10.6. The summed E-state index contributed by atoms with van der Waals surface area (Å²) in [4.78, 5) is 40.3. The topological polar surface area (TPSA) is 117 Å². The van der Waals surface area contributed by atoms with Crippen molar-refractivity contribution in [2.24, 2.45) is 5.73 Å². The van der Waals surface area contributed by atoms with Gasteiger partial charge in [0, 0.05) is 18.5 Å². The number of fused-ring (bicyclic) bond motifs is 1. The molecule has 2 aromatic carbocycles. The molecular formula is C28H32N4O5. The van der Waals surface area contributed by atoms with Crippen LogP contribution in [0.1, 0.15) is 61.3 Å². The standard InChI is InChI=1S/C28H32N4O5/c1-18(2)31-16-21(23(19-11-7-5-8-12-19)20-13-9-6-10-14-20)32-24(26(31)34)25(22(33)15-30-32)36-17-37-27(35)28(3,4)29/h5-15,18,21,23H,16-17,29H2,1-4H3/t21-/m0/s1. The van der Waals surface area contributed by atoms with Crippen LogP contribution in [0.25, 0.3) is 0 Å². The molecule has 1 atom stereocenters. The molecule has 2 N–H and O–H groups in total. The first-order chi connectivity index (χ1) is 17.6. The average molecular weight is 505 g/mol. The molecule has 9 heteroatoms. The second-order valence-electron chi connectivity index (χ2n) is 9.96. The van der Waals surface area contributed by atoms with Crippen LogP contribution in [0.3, 0.4) is 0 Å². The van der Waals surface area contributed by atoms with E-state index in [2.05, 4.69) is 5.10 Å². The molecule has 1 amide bonds. The lowest BCUT2D eigenvalue weighted by molar-refractivity contribution is -0.155. The van der Waals surface area contributed by atoms with E-state index in [1.54, 1.807) is 9.58 Å². The van der Waals surface area contributed by atoms with Crippen molar-refractivity contribution in [3.8, 4) is 5.75 Å².